The van der Waals surface area contributed by atoms with Gasteiger partial charge < -0.3 is 10.5 Å². The summed E-state index contributed by atoms with van der Waals surface area (Å²) in [4.78, 5) is 4.33. The molecule has 0 heterocycles. The van der Waals surface area contributed by atoms with Crippen LogP contribution in [0.15, 0.2) is 65.7 Å². The fourth-order valence-corrected chi connectivity index (χ4v) is 1.72. The average molecular weight is 268 g/mol. The number of hydrogen-bond acceptors (Lipinski definition) is 2. The molecule has 102 valence electrons. The van der Waals surface area contributed by atoms with Crippen LogP contribution in [0.25, 0.3) is 6.08 Å². The molecule has 0 aliphatic carbocycles. The van der Waals surface area contributed by atoms with Gasteiger partial charge in [0.25, 0.3) is 0 Å². The Morgan fingerprint density at radius 2 is 1.80 bits per heavy atom. The maximum Gasteiger partial charge on any atom is 0.118 e. The van der Waals surface area contributed by atoms with E-state index in [0.717, 1.165) is 16.9 Å². The second-order valence-corrected chi connectivity index (χ2v) is 4.33. The van der Waals surface area contributed by atoms with Crippen molar-refractivity contribution in [2.45, 2.75) is 6.54 Å². The molecule has 0 unspecified atom stereocenters. The molecular weight excluding hydrogens is 250 g/mol. The number of rotatable bonds is 5. The van der Waals surface area contributed by atoms with Crippen LogP contribution < -0.4 is 10.5 Å². The van der Waals surface area contributed by atoms with Gasteiger partial charge in [0.15, 0.2) is 0 Å². The standard InChI is InChI=1S/C17H18N2O/c1-20-16-10-7-14(8-11-16)9-12-17(18)19-13-15-5-3-2-4-6-15/h2-12H,13H2,1H3,(H2,18,19)/b12-9+/i17+2. The highest BCUT2D eigenvalue weighted by atomic mass is 16.5. The summed E-state index contributed by atoms with van der Waals surface area (Å²) in [6.45, 7) is 0.597. The number of methoxy groups -OCH3 is 1. The van der Waals surface area contributed by atoms with Gasteiger partial charge >= 0.3 is 0 Å². The van der Waals surface area contributed by atoms with Crippen molar-refractivity contribution in [3.05, 3.63) is 71.8 Å². The van der Waals surface area contributed by atoms with E-state index >= 15 is 0 Å². The third kappa shape index (κ3) is 4.28. The lowest BCUT2D eigenvalue weighted by atomic mass is 10.2. The molecule has 0 fully saturated rings. The van der Waals surface area contributed by atoms with Crippen molar-refractivity contribution in [1.82, 2.24) is 0 Å². The molecule has 0 spiro atoms. The minimum Gasteiger partial charge on any atom is -0.497 e. The molecule has 2 N–H and O–H groups in total. The molecular formula is C17H18N2O. The average Bonchev–Trinajstić information content (AvgIpc) is 2.52. The van der Waals surface area contributed by atoms with E-state index in [2.05, 4.69) is 4.99 Å². The maximum atomic E-state index is 5.86. The Kier molecular flexibility index (Phi) is 4.95. The lowest BCUT2D eigenvalue weighted by Crippen LogP contribution is -2.07. The van der Waals surface area contributed by atoms with Crippen LogP contribution >= 0.6 is 0 Å². The molecule has 2 aromatic carbocycles. The first kappa shape index (κ1) is 13.9. The van der Waals surface area contributed by atoms with Gasteiger partial charge in [-0.3, -0.25) is 4.99 Å². The van der Waals surface area contributed by atoms with Crippen LogP contribution in [0.1, 0.15) is 11.1 Å². The Labute approximate surface area is 119 Å². The highest BCUT2D eigenvalue weighted by Gasteiger charge is 1.92. The second kappa shape index (κ2) is 7.14. The van der Waals surface area contributed by atoms with Crippen molar-refractivity contribution in [2.24, 2.45) is 10.7 Å². The van der Waals surface area contributed by atoms with Crippen molar-refractivity contribution in [3.8, 4) is 5.75 Å². The summed E-state index contributed by atoms with van der Waals surface area (Å²) in [5, 5.41) is 0. The molecule has 3 nitrogen and oxygen atoms in total. The lowest BCUT2D eigenvalue weighted by Gasteiger charge is -1.99. The summed E-state index contributed by atoms with van der Waals surface area (Å²) in [6, 6.07) is 17.8. The minimum absolute atomic E-state index is 0.518. The van der Waals surface area contributed by atoms with Gasteiger partial charge in [-0.15, -0.1) is 0 Å². The Balaban J connectivity index is 1.95. The number of amidine groups is 1. The van der Waals surface area contributed by atoms with Gasteiger partial charge in [0.1, 0.15) is 11.6 Å². The zero-order chi connectivity index (χ0) is 14.2. The molecule has 20 heavy (non-hydrogen) atoms. The first-order valence-corrected chi connectivity index (χ1v) is 6.44. The Morgan fingerprint density at radius 3 is 2.45 bits per heavy atom. The quantitative estimate of drug-likeness (QED) is 0.668. The molecule has 0 aromatic heterocycles. The summed E-state index contributed by atoms with van der Waals surface area (Å²) < 4.78 is 5.11. The Hall–Kier alpha value is -2.55. The van der Waals surface area contributed by atoms with Crippen LogP contribution in [-0.4, -0.2) is 12.9 Å². The van der Waals surface area contributed by atoms with Gasteiger partial charge in [-0.2, -0.15) is 0 Å². The van der Waals surface area contributed by atoms with Crippen LogP contribution in [0.5, 0.6) is 5.75 Å². The van der Waals surface area contributed by atoms with Crippen molar-refractivity contribution in [2.75, 3.05) is 7.11 Å². The molecule has 3 heteroatoms. The molecule has 2 aromatic rings. The first-order valence-electron chi connectivity index (χ1n) is 6.44. The smallest absolute Gasteiger partial charge is 0.118 e. The van der Waals surface area contributed by atoms with E-state index in [1.165, 1.54) is 0 Å². The van der Waals surface area contributed by atoms with E-state index in [9.17, 15) is 0 Å². The van der Waals surface area contributed by atoms with Crippen molar-refractivity contribution in [1.29, 1.82) is 0 Å². The minimum atomic E-state index is 0.518. The van der Waals surface area contributed by atoms with E-state index < -0.39 is 0 Å². The monoisotopic (exact) mass is 268 g/mol. The normalized spacial score (nSPS) is 11.8. The third-order valence-electron chi connectivity index (χ3n) is 2.85. The molecule has 0 aliphatic rings. The van der Waals surface area contributed by atoms with Gasteiger partial charge in [-0.05, 0) is 29.3 Å². The van der Waals surface area contributed by atoms with Gasteiger partial charge in [-0.1, -0.05) is 48.5 Å². The van der Waals surface area contributed by atoms with E-state index in [-0.39, 0.29) is 0 Å². The summed E-state index contributed by atoms with van der Waals surface area (Å²) in [5.74, 6) is 1.36. The molecule has 0 saturated carbocycles. The SMILES string of the molecule is COc1ccc(/C=C/[14C](N)=NCc2ccccc2)cc1. The summed E-state index contributed by atoms with van der Waals surface area (Å²) in [7, 11) is 1.65. The fourth-order valence-electron chi connectivity index (χ4n) is 1.72. The summed E-state index contributed by atoms with van der Waals surface area (Å²) in [6.07, 6.45) is 3.74. The molecule has 0 aliphatic heterocycles. The predicted molar refractivity (Wildman–Crippen MR) is 83.8 cm³/mol. The zero-order valence-electron chi connectivity index (χ0n) is 11.5. The van der Waals surface area contributed by atoms with Crippen LogP contribution in [0.2, 0.25) is 0 Å². The van der Waals surface area contributed by atoms with Gasteiger partial charge in [0.05, 0.1) is 13.7 Å². The first-order chi connectivity index (χ1) is 9.78. The third-order valence-corrected chi connectivity index (χ3v) is 2.85. The van der Waals surface area contributed by atoms with Crippen LogP contribution in [0.3, 0.4) is 0 Å². The van der Waals surface area contributed by atoms with Gasteiger partial charge in [0, 0.05) is 0 Å². The van der Waals surface area contributed by atoms with Gasteiger partial charge in [-0.25, -0.2) is 0 Å². The highest BCUT2D eigenvalue weighted by Crippen LogP contribution is 2.12. The number of aliphatic imine (C=N–C) groups is 1. The Morgan fingerprint density at radius 1 is 1.10 bits per heavy atom. The van der Waals surface area contributed by atoms with E-state index in [4.69, 9.17) is 10.5 Å². The molecule has 0 bridgehead atoms. The second-order valence-electron chi connectivity index (χ2n) is 4.33. The predicted octanol–water partition coefficient (Wildman–Crippen LogP) is 3.27. The van der Waals surface area contributed by atoms with Crippen molar-refractivity contribution < 1.29 is 4.74 Å². The number of hydrogen-bond donors (Lipinski definition) is 1. The van der Waals surface area contributed by atoms with Gasteiger partial charge in [0.2, 0.25) is 0 Å². The largest absolute Gasteiger partial charge is 0.497 e. The molecule has 2 rings (SSSR count). The number of nitrogens with zero attached hydrogens (tertiary/aromatic N) is 1. The maximum absolute atomic E-state index is 5.86. The number of benzene rings is 2. The van der Waals surface area contributed by atoms with E-state index in [0.29, 0.717) is 12.4 Å². The Bertz CT molecular complexity index is 586. The van der Waals surface area contributed by atoms with Crippen LogP contribution in [0, 0.1) is 0 Å². The molecule has 0 saturated heterocycles. The van der Waals surface area contributed by atoms with Crippen LogP contribution in [0.4, 0.5) is 0 Å². The van der Waals surface area contributed by atoms with E-state index in [1.54, 1.807) is 7.11 Å². The van der Waals surface area contributed by atoms with Crippen molar-refractivity contribution in [3.63, 3.8) is 0 Å². The molecule has 0 radical (unpaired) electrons. The lowest BCUT2D eigenvalue weighted by molar-refractivity contribution is 0.415. The fraction of sp³-hybridized carbons (Fsp3) is 0.118. The summed E-state index contributed by atoms with van der Waals surface area (Å²) >= 11 is 0. The van der Waals surface area contributed by atoms with Crippen molar-refractivity contribution >= 4 is 11.9 Å². The highest BCUT2D eigenvalue weighted by molar-refractivity contribution is 5.95. The van der Waals surface area contributed by atoms with E-state index in [1.807, 2.05) is 66.7 Å². The molecule has 0 atom stereocenters. The number of nitrogens with two attached hydrogens (primary N) is 1. The number of ether oxygens (including phenoxy) is 1. The summed E-state index contributed by atoms with van der Waals surface area (Å²) in [5.41, 5.74) is 8.07. The molecule has 0 amide bonds. The zero-order valence-corrected chi connectivity index (χ0v) is 11.5. The van der Waals surface area contributed by atoms with Crippen LogP contribution in [-0.2, 0) is 6.54 Å². The topological polar surface area (TPSA) is 47.6 Å².